The highest BCUT2D eigenvalue weighted by molar-refractivity contribution is 7.89. The van der Waals surface area contributed by atoms with Crippen LogP contribution in [0.1, 0.15) is 31.4 Å². The molecule has 0 spiro atoms. The van der Waals surface area contributed by atoms with E-state index in [1.807, 2.05) is 32.9 Å². The molecule has 188 valence electrons. The zero-order valence-corrected chi connectivity index (χ0v) is 21.8. The molecular formula is C25H30ClN3O5S. The van der Waals surface area contributed by atoms with Crippen molar-refractivity contribution < 1.29 is 22.7 Å². The second-order valence-electron chi connectivity index (χ2n) is 9.23. The second-order valence-corrected chi connectivity index (χ2v) is 11.5. The van der Waals surface area contributed by atoms with E-state index in [1.54, 1.807) is 29.2 Å². The Hall–Kier alpha value is -2.62. The Balaban J connectivity index is 1.77. The van der Waals surface area contributed by atoms with E-state index in [9.17, 15) is 18.0 Å². The number of benzene rings is 2. The van der Waals surface area contributed by atoms with Crippen LogP contribution in [-0.2, 0) is 26.0 Å². The van der Waals surface area contributed by atoms with E-state index in [2.05, 4.69) is 0 Å². The number of aryl methyl sites for hydroxylation is 1. The van der Waals surface area contributed by atoms with Crippen molar-refractivity contribution >= 4 is 33.4 Å². The minimum atomic E-state index is -4.02. The predicted molar refractivity (Wildman–Crippen MR) is 133 cm³/mol. The minimum Gasteiger partial charge on any atom is -0.495 e. The number of methoxy groups -OCH3 is 1. The van der Waals surface area contributed by atoms with Crippen LogP contribution in [0.2, 0.25) is 5.02 Å². The lowest BCUT2D eigenvalue weighted by atomic mass is 9.97. The molecule has 2 atom stereocenters. The third kappa shape index (κ3) is 4.77. The van der Waals surface area contributed by atoms with Crippen molar-refractivity contribution in [3.8, 4) is 5.75 Å². The van der Waals surface area contributed by atoms with E-state index in [0.29, 0.717) is 5.02 Å². The first-order chi connectivity index (χ1) is 16.5. The van der Waals surface area contributed by atoms with E-state index in [-0.39, 0.29) is 54.4 Å². The summed E-state index contributed by atoms with van der Waals surface area (Å²) < 4.78 is 34.5. The van der Waals surface area contributed by atoms with Gasteiger partial charge >= 0.3 is 0 Å². The molecule has 8 nitrogen and oxygen atoms in total. The Morgan fingerprint density at radius 2 is 1.80 bits per heavy atom. The molecule has 2 aliphatic rings. The van der Waals surface area contributed by atoms with Gasteiger partial charge in [0, 0.05) is 30.5 Å². The van der Waals surface area contributed by atoms with Crippen LogP contribution in [0, 0.1) is 6.92 Å². The van der Waals surface area contributed by atoms with Crippen LogP contribution in [0.15, 0.2) is 47.4 Å². The second kappa shape index (κ2) is 9.79. The Labute approximate surface area is 211 Å². The summed E-state index contributed by atoms with van der Waals surface area (Å²) in [4.78, 5) is 29.9. The van der Waals surface area contributed by atoms with Crippen LogP contribution in [0.5, 0.6) is 5.75 Å². The maximum absolute atomic E-state index is 13.9. The average molecular weight is 520 g/mol. The molecule has 0 saturated carbocycles. The SMILES string of the molecule is COc1cc(C)ccc1S(=O)(=O)N1CCC(=O)N2C(Cc3ccc(Cl)cc3)C(=O)N(C(C)C)CC21. The van der Waals surface area contributed by atoms with Gasteiger partial charge in [0.05, 0.1) is 13.7 Å². The lowest BCUT2D eigenvalue weighted by Gasteiger charge is -2.52. The number of hydrogen-bond acceptors (Lipinski definition) is 5. The Morgan fingerprint density at radius 1 is 1.11 bits per heavy atom. The number of halogens is 1. The molecule has 2 saturated heterocycles. The number of amides is 2. The summed E-state index contributed by atoms with van der Waals surface area (Å²) in [6.45, 7) is 5.77. The van der Waals surface area contributed by atoms with Gasteiger partial charge in [0.25, 0.3) is 0 Å². The number of rotatable bonds is 6. The van der Waals surface area contributed by atoms with Gasteiger partial charge in [-0.25, -0.2) is 8.42 Å². The maximum atomic E-state index is 13.9. The monoisotopic (exact) mass is 519 g/mol. The van der Waals surface area contributed by atoms with Crippen molar-refractivity contribution in [1.82, 2.24) is 14.1 Å². The van der Waals surface area contributed by atoms with Gasteiger partial charge in [0.2, 0.25) is 21.8 Å². The van der Waals surface area contributed by atoms with Crippen molar-refractivity contribution in [2.75, 3.05) is 20.2 Å². The van der Waals surface area contributed by atoms with Gasteiger partial charge in [-0.1, -0.05) is 29.8 Å². The molecule has 0 bridgehead atoms. The van der Waals surface area contributed by atoms with Gasteiger partial charge in [-0.2, -0.15) is 4.31 Å². The highest BCUT2D eigenvalue weighted by Gasteiger charge is 2.51. The highest BCUT2D eigenvalue weighted by atomic mass is 35.5. The van der Waals surface area contributed by atoms with Crippen molar-refractivity contribution in [2.24, 2.45) is 0 Å². The highest BCUT2D eigenvalue weighted by Crippen LogP contribution is 2.35. The summed E-state index contributed by atoms with van der Waals surface area (Å²) in [6.07, 6.45) is -0.552. The smallest absolute Gasteiger partial charge is 0.248 e. The maximum Gasteiger partial charge on any atom is 0.248 e. The lowest BCUT2D eigenvalue weighted by Crippen LogP contribution is -2.72. The van der Waals surface area contributed by atoms with E-state index < -0.39 is 22.2 Å². The summed E-state index contributed by atoms with van der Waals surface area (Å²) in [5.74, 6) is -0.168. The Kier molecular flexibility index (Phi) is 7.13. The van der Waals surface area contributed by atoms with Gasteiger partial charge in [-0.05, 0) is 56.2 Å². The molecule has 2 aromatic rings. The topological polar surface area (TPSA) is 87.2 Å². The number of piperazine rings is 1. The molecule has 2 fully saturated rings. The van der Waals surface area contributed by atoms with Gasteiger partial charge in [-0.15, -0.1) is 0 Å². The number of sulfonamides is 1. The summed E-state index contributed by atoms with van der Waals surface area (Å²) in [6, 6.07) is 11.1. The number of carbonyl (C=O) groups is 2. The van der Waals surface area contributed by atoms with Crippen molar-refractivity contribution in [3.63, 3.8) is 0 Å². The first-order valence-corrected chi connectivity index (χ1v) is 13.4. The number of carbonyl (C=O) groups excluding carboxylic acids is 2. The summed E-state index contributed by atoms with van der Waals surface area (Å²) in [5.41, 5.74) is 1.71. The fourth-order valence-electron chi connectivity index (χ4n) is 4.82. The van der Waals surface area contributed by atoms with Crippen molar-refractivity contribution in [3.05, 3.63) is 58.6 Å². The normalized spacial score (nSPS) is 21.4. The van der Waals surface area contributed by atoms with Crippen LogP contribution >= 0.6 is 11.6 Å². The third-order valence-electron chi connectivity index (χ3n) is 6.62. The summed E-state index contributed by atoms with van der Waals surface area (Å²) >= 11 is 6.02. The molecule has 35 heavy (non-hydrogen) atoms. The lowest BCUT2D eigenvalue weighted by molar-refractivity contribution is -0.166. The van der Waals surface area contributed by atoms with E-state index in [0.717, 1.165) is 11.1 Å². The van der Waals surface area contributed by atoms with Crippen LogP contribution in [-0.4, -0.2) is 72.8 Å². The summed E-state index contributed by atoms with van der Waals surface area (Å²) in [7, 11) is -2.59. The molecule has 2 aromatic carbocycles. The van der Waals surface area contributed by atoms with Crippen LogP contribution < -0.4 is 4.74 Å². The molecule has 2 unspecified atom stereocenters. The van der Waals surface area contributed by atoms with E-state index in [1.165, 1.54) is 22.4 Å². The fraction of sp³-hybridized carbons (Fsp3) is 0.440. The molecule has 0 aliphatic carbocycles. The van der Waals surface area contributed by atoms with Gasteiger partial charge in [0.15, 0.2) is 0 Å². The predicted octanol–water partition coefficient (Wildman–Crippen LogP) is 3.07. The molecule has 0 N–H and O–H groups in total. The molecule has 2 aliphatic heterocycles. The average Bonchev–Trinajstić information content (AvgIpc) is 2.81. The van der Waals surface area contributed by atoms with Gasteiger partial charge < -0.3 is 14.5 Å². The van der Waals surface area contributed by atoms with Crippen LogP contribution in [0.4, 0.5) is 0 Å². The van der Waals surface area contributed by atoms with Gasteiger partial charge in [0.1, 0.15) is 22.9 Å². The quantitative estimate of drug-likeness (QED) is 0.585. The van der Waals surface area contributed by atoms with Crippen molar-refractivity contribution in [1.29, 1.82) is 0 Å². The molecule has 2 heterocycles. The van der Waals surface area contributed by atoms with Crippen LogP contribution in [0.25, 0.3) is 0 Å². The fourth-order valence-corrected chi connectivity index (χ4v) is 6.65. The minimum absolute atomic E-state index is 0.00398. The molecular weight excluding hydrogens is 490 g/mol. The molecule has 10 heteroatoms. The molecule has 4 rings (SSSR count). The molecule has 2 amide bonds. The van der Waals surface area contributed by atoms with E-state index >= 15 is 0 Å². The zero-order chi connectivity index (χ0) is 25.5. The number of hydrogen-bond donors (Lipinski definition) is 0. The third-order valence-corrected chi connectivity index (χ3v) is 8.81. The Bertz CT molecular complexity index is 1230. The Morgan fingerprint density at radius 3 is 2.43 bits per heavy atom. The number of ether oxygens (including phenoxy) is 1. The first kappa shape index (κ1) is 25.5. The standard InChI is InChI=1S/C25H30ClN3O5S/c1-16(2)27-15-23-28(35(32,33)22-10-5-17(3)13-21(22)34-4)12-11-24(30)29(23)20(25(27)31)14-18-6-8-19(26)9-7-18/h5-10,13,16,20,23H,11-12,14-15H2,1-4H3. The van der Waals surface area contributed by atoms with E-state index in [4.69, 9.17) is 16.3 Å². The molecule has 0 aromatic heterocycles. The van der Waals surface area contributed by atoms with Gasteiger partial charge in [-0.3, -0.25) is 9.59 Å². The summed E-state index contributed by atoms with van der Waals surface area (Å²) in [5, 5.41) is 0.573. The zero-order valence-electron chi connectivity index (χ0n) is 20.3. The number of nitrogens with zero attached hydrogens (tertiary/aromatic N) is 3. The first-order valence-electron chi connectivity index (χ1n) is 11.6. The van der Waals surface area contributed by atoms with Crippen LogP contribution in [0.3, 0.4) is 0 Å². The molecule has 0 radical (unpaired) electrons. The van der Waals surface area contributed by atoms with Crippen molar-refractivity contribution in [2.45, 2.75) is 56.8 Å². The largest absolute Gasteiger partial charge is 0.495 e. The number of fused-ring (bicyclic) bond motifs is 1.